The Labute approximate surface area is 127 Å². The van der Waals surface area contributed by atoms with E-state index in [9.17, 15) is 13.2 Å². The van der Waals surface area contributed by atoms with Crippen molar-refractivity contribution in [3.63, 3.8) is 0 Å². The summed E-state index contributed by atoms with van der Waals surface area (Å²) in [6.07, 6.45) is 0. The molecule has 1 fully saturated rings. The fourth-order valence-corrected chi connectivity index (χ4v) is 4.79. The zero-order valence-corrected chi connectivity index (χ0v) is 13.2. The molecule has 1 aliphatic rings. The van der Waals surface area contributed by atoms with E-state index in [-0.39, 0.29) is 11.4 Å². The SMILES string of the molecule is COC(=O)[C@@H]1CN(S(=O)(=O)c2ccc(Cl)cc2)CCS1. The highest BCUT2D eigenvalue weighted by Gasteiger charge is 2.34. The van der Waals surface area contributed by atoms with Crippen molar-refractivity contribution in [3.8, 4) is 0 Å². The van der Waals surface area contributed by atoms with Crippen LogP contribution in [0.4, 0.5) is 0 Å². The minimum atomic E-state index is -3.60. The molecule has 5 nitrogen and oxygen atoms in total. The van der Waals surface area contributed by atoms with Crippen LogP contribution in [-0.2, 0) is 19.6 Å². The summed E-state index contributed by atoms with van der Waals surface area (Å²) in [4.78, 5) is 11.7. The molecule has 20 heavy (non-hydrogen) atoms. The molecule has 0 radical (unpaired) electrons. The summed E-state index contributed by atoms with van der Waals surface area (Å²) in [5.74, 6) is 0.165. The predicted molar refractivity (Wildman–Crippen MR) is 78.5 cm³/mol. The second kappa shape index (κ2) is 6.34. The van der Waals surface area contributed by atoms with Crippen LogP contribution >= 0.6 is 23.4 Å². The van der Waals surface area contributed by atoms with Gasteiger partial charge in [-0.1, -0.05) is 11.6 Å². The van der Waals surface area contributed by atoms with Crippen LogP contribution in [0.15, 0.2) is 29.2 Å². The standard InChI is InChI=1S/C12H14ClNO4S2/c1-18-12(15)11-8-14(6-7-19-11)20(16,17)10-4-2-9(13)3-5-10/h2-5,11H,6-8H2,1H3/t11-/m0/s1. The molecule has 0 saturated carbocycles. The van der Waals surface area contributed by atoms with E-state index in [1.54, 1.807) is 0 Å². The van der Waals surface area contributed by atoms with Gasteiger partial charge in [-0.25, -0.2) is 8.42 Å². The van der Waals surface area contributed by atoms with Crippen molar-refractivity contribution in [2.24, 2.45) is 0 Å². The summed E-state index contributed by atoms with van der Waals surface area (Å²) in [7, 11) is -2.30. The van der Waals surface area contributed by atoms with Gasteiger partial charge in [0.15, 0.2) is 0 Å². The summed E-state index contributed by atoms with van der Waals surface area (Å²) in [6.45, 7) is 0.505. The van der Waals surface area contributed by atoms with Crippen molar-refractivity contribution in [2.45, 2.75) is 10.1 Å². The quantitative estimate of drug-likeness (QED) is 0.785. The molecule has 1 heterocycles. The van der Waals surface area contributed by atoms with Crippen molar-refractivity contribution in [1.82, 2.24) is 4.31 Å². The topological polar surface area (TPSA) is 63.7 Å². The number of carbonyl (C=O) groups is 1. The van der Waals surface area contributed by atoms with Gasteiger partial charge in [-0.15, -0.1) is 11.8 Å². The Morgan fingerprint density at radius 3 is 2.65 bits per heavy atom. The molecular formula is C12H14ClNO4S2. The number of benzene rings is 1. The maximum atomic E-state index is 12.5. The van der Waals surface area contributed by atoms with Gasteiger partial charge < -0.3 is 4.74 Å². The van der Waals surface area contributed by atoms with Crippen LogP contribution in [0.3, 0.4) is 0 Å². The molecule has 2 rings (SSSR count). The van der Waals surface area contributed by atoms with Crippen LogP contribution in [-0.4, -0.2) is 49.9 Å². The highest BCUT2D eigenvalue weighted by atomic mass is 35.5. The van der Waals surface area contributed by atoms with Gasteiger partial charge in [-0.05, 0) is 24.3 Å². The molecule has 1 saturated heterocycles. The molecule has 0 aromatic heterocycles. The molecule has 0 N–H and O–H groups in total. The number of sulfonamides is 1. The molecule has 0 aliphatic carbocycles. The largest absolute Gasteiger partial charge is 0.468 e. The fraction of sp³-hybridized carbons (Fsp3) is 0.417. The Morgan fingerprint density at radius 1 is 1.40 bits per heavy atom. The number of esters is 1. The van der Waals surface area contributed by atoms with Crippen LogP contribution in [0, 0.1) is 0 Å². The zero-order valence-electron chi connectivity index (χ0n) is 10.8. The Bertz CT molecular complexity index is 588. The number of thioether (sulfide) groups is 1. The summed E-state index contributed by atoms with van der Waals surface area (Å²) in [5, 5.41) is 0.00131. The van der Waals surface area contributed by atoms with Crippen LogP contribution in [0.1, 0.15) is 0 Å². The number of ether oxygens (including phenoxy) is 1. The monoisotopic (exact) mass is 335 g/mol. The van der Waals surface area contributed by atoms with Gasteiger partial charge in [-0.3, -0.25) is 4.79 Å². The first-order valence-corrected chi connectivity index (χ1v) is 8.77. The van der Waals surface area contributed by atoms with Crippen molar-refractivity contribution < 1.29 is 17.9 Å². The molecule has 110 valence electrons. The maximum absolute atomic E-state index is 12.5. The van der Waals surface area contributed by atoms with E-state index in [1.807, 2.05) is 0 Å². The predicted octanol–water partition coefficient (Wildman–Crippen LogP) is 1.62. The number of hydrogen-bond acceptors (Lipinski definition) is 5. The van der Waals surface area contributed by atoms with Gasteiger partial charge in [-0.2, -0.15) is 4.31 Å². The third-order valence-corrected chi connectivity index (χ3v) is 6.24. The number of hydrogen-bond donors (Lipinski definition) is 0. The molecule has 0 amide bonds. The summed E-state index contributed by atoms with van der Waals surface area (Å²) in [5.41, 5.74) is 0. The third kappa shape index (κ3) is 3.28. The van der Waals surface area contributed by atoms with Gasteiger partial charge in [0.2, 0.25) is 10.0 Å². The Hall–Kier alpha value is -0.760. The van der Waals surface area contributed by atoms with E-state index in [0.717, 1.165) is 0 Å². The van der Waals surface area contributed by atoms with Gasteiger partial charge >= 0.3 is 5.97 Å². The lowest BCUT2D eigenvalue weighted by Gasteiger charge is -2.30. The highest BCUT2D eigenvalue weighted by molar-refractivity contribution is 8.00. The molecular weight excluding hydrogens is 322 g/mol. The Balaban J connectivity index is 2.21. The van der Waals surface area contributed by atoms with Gasteiger partial charge in [0, 0.05) is 23.9 Å². The molecule has 1 atom stereocenters. The summed E-state index contributed by atoms with van der Waals surface area (Å²) < 4.78 is 30.9. The zero-order chi connectivity index (χ0) is 14.8. The number of halogens is 1. The molecule has 8 heteroatoms. The number of rotatable bonds is 3. The van der Waals surface area contributed by atoms with Gasteiger partial charge in [0.1, 0.15) is 5.25 Å². The third-order valence-electron chi connectivity index (χ3n) is 2.94. The average molecular weight is 336 g/mol. The molecule has 0 bridgehead atoms. The molecule has 0 unspecified atom stereocenters. The van der Waals surface area contributed by atoms with Gasteiger partial charge in [0.25, 0.3) is 0 Å². The van der Waals surface area contributed by atoms with E-state index >= 15 is 0 Å². The first kappa shape index (κ1) is 15.6. The first-order chi connectivity index (χ1) is 9.45. The minimum absolute atomic E-state index is 0.127. The van der Waals surface area contributed by atoms with E-state index in [1.165, 1.54) is 47.4 Å². The second-order valence-corrected chi connectivity index (χ2v) is 7.88. The van der Waals surface area contributed by atoms with Crippen molar-refractivity contribution in [1.29, 1.82) is 0 Å². The van der Waals surface area contributed by atoms with Crippen molar-refractivity contribution >= 4 is 39.4 Å². The van der Waals surface area contributed by atoms with E-state index in [4.69, 9.17) is 11.6 Å². The average Bonchev–Trinajstić information content (AvgIpc) is 2.47. The fourth-order valence-electron chi connectivity index (χ4n) is 1.87. The summed E-state index contributed by atoms with van der Waals surface area (Å²) in [6, 6.07) is 6.00. The highest BCUT2D eigenvalue weighted by Crippen LogP contribution is 2.25. The van der Waals surface area contributed by atoms with Crippen LogP contribution in [0.25, 0.3) is 0 Å². The van der Waals surface area contributed by atoms with Gasteiger partial charge in [0.05, 0.1) is 12.0 Å². The Morgan fingerprint density at radius 2 is 2.05 bits per heavy atom. The first-order valence-electron chi connectivity index (χ1n) is 5.90. The summed E-state index contributed by atoms with van der Waals surface area (Å²) >= 11 is 7.17. The second-order valence-electron chi connectivity index (χ2n) is 4.20. The van der Waals surface area contributed by atoms with E-state index in [2.05, 4.69) is 4.74 Å². The van der Waals surface area contributed by atoms with E-state index < -0.39 is 21.2 Å². The molecule has 0 spiro atoms. The molecule has 1 aromatic carbocycles. The van der Waals surface area contributed by atoms with Crippen LogP contribution < -0.4 is 0 Å². The van der Waals surface area contributed by atoms with E-state index in [0.29, 0.717) is 17.3 Å². The number of nitrogens with zero attached hydrogens (tertiary/aromatic N) is 1. The smallest absolute Gasteiger partial charge is 0.320 e. The lowest BCUT2D eigenvalue weighted by molar-refractivity contribution is -0.140. The van der Waals surface area contributed by atoms with Crippen LogP contribution in [0.2, 0.25) is 5.02 Å². The Kier molecular flexibility index (Phi) is 4.95. The van der Waals surface area contributed by atoms with Crippen molar-refractivity contribution in [2.75, 3.05) is 26.0 Å². The van der Waals surface area contributed by atoms with Crippen LogP contribution in [0.5, 0.6) is 0 Å². The van der Waals surface area contributed by atoms with Crippen molar-refractivity contribution in [3.05, 3.63) is 29.3 Å². The molecule has 1 aliphatic heterocycles. The normalized spacial score (nSPS) is 20.6. The lowest BCUT2D eigenvalue weighted by Crippen LogP contribution is -2.44. The number of methoxy groups -OCH3 is 1. The minimum Gasteiger partial charge on any atom is -0.468 e. The number of carbonyl (C=O) groups excluding carboxylic acids is 1. The molecule has 1 aromatic rings. The maximum Gasteiger partial charge on any atom is 0.320 e. The lowest BCUT2D eigenvalue weighted by atomic mass is 10.4.